The van der Waals surface area contributed by atoms with E-state index in [4.69, 9.17) is 9.84 Å². The van der Waals surface area contributed by atoms with Gasteiger partial charge < -0.3 is 20.1 Å². The van der Waals surface area contributed by atoms with Crippen LogP contribution in [0.3, 0.4) is 0 Å². The van der Waals surface area contributed by atoms with Crippen LogP contribution >= 0.6 is 0 Å². The van der Waals surface area contributed by atoms with E-state index < -0.39 is 6.09 Å². The molecule has 0 bridgehead atoms. The maximum Gasteiger partial charge on any atom is 0.404 e. The Bertz CT molecular complexity index is 688. The van der Waals surface area contributed by atoms with Crippen molar-refractivity contribution < 1.29 is 23.8 Å². The predicted molar refractivity (Wildman–Crippen MR) is 82.7 cm³/mol. The summed E-state index contributed by atoms with van der Waals surface area (Å²) in [6, 6.07) is 2.07. The van der Waals surface area contributed by atoms with Gasteiger partial charge in [-0.05, 0) is 24.8 Å². The smallest absolute Gasteiger partial charge is 0.404 e. The Morgan fingerprint density at radius 1 is 1.54 bits per heavy atom. The lowest BCUT2D eigenvalue weighted by Crippen LogP contribution is -2.39. The van der Waals surface area contributed by atoms with Crippen LogP contribution in [0.15, 0.2) is 24.2 Å². The average molecular weight is 335 g/mol. The number of pyridine rings is 1. The first-order chi connectivity index (χ1) is 11.6. The number of amides is 2. The molecule has 2 aliphatic rings. The summed E-state index contributed by atoms with van der Waals surface area (Å²) < 4.78 is 18.1. The van der Waals surface area contributed by atoms with Gasteiger partial charge in [0.1, 0.15) is 6.61 Å². The molecule has 3 rings (SSSR count). The van der Waals surface area contributed by atoms with Crippen molar-refractivity contribution in [3.8, 4) is 5.88 Å². The number of carboxylic acid groups (broad SMARTS) is 1. The normalized spacial score (nSPS) is 17.5. The Hall–Kier alpha value is -2.64. The molecular formula is C16H18FN3O4. The van der Waals surface area contributed by atoms with Crippen molar-refractivity contribution in [2.24, 2.45) is 0 Å². The minimum Gasteiger partial charge on any atom is -0.473 e. The molecule has 1 aliphatic carbocycles. The summed E-state index contributed by atoms with van der Waals surface area (Å²) in [7, 11) is 0. The van der Waals surface area contributed by atoms with E-state index >= 15 is 0 Å². The van der Waals surface area contributed by atoms with Gasteiger partial charge in [0.2, 0.25) is 5.88 Å². The second-order valence-electron chi connectivity index (χ2n) is 5.87. The Morgan fingerprint density at radius 3 is 3.00 bits per heavy atom. The van der Waals surface area contributed by atoms with E-state index in [-0.39, 0.29) is 30.5 Å². The molecule has 0 unspecified atom stereocenters. The Labute approximate surface area is 138 Å². The van der Waals surface area contributed by atoms with Crippen LogP contribution in [0.1, 0.15) is 28.8 Å². The van der Waals surface area contributed by atoms with Crippen molar-refractivity contribution in [3.05, 3.63) is 35.3 Å². The quantitative estimate of drug-likeness (QED) is 0.826. The van der Waals surface area contributed by atoms with Crippen molar-refractivity contribution in [1.82, 2.24) is 15.2 Å². The minimum absolute atomic E-state index is 0.00722. The Morgan fingerprint density at radius 2 is 2.33 bits per heavy atom. The topological polar surface area (TPSA) is 91.8 Å². The molecule has 2 amide bonds. The van der Waals surface area contributed by atoms with E-state index in [1.807, 2.05) is 4.90 Å². The number of nitrogens with one attached hydrogen (secondary N) is 1. The maximum atomic E-state index is 12.7. The van der Waals surface area contributed by atoms with Gasteiger partial charge in [0.15, 0.2) is 0 Å². The van der Waals surface area contributed by atoms with Crippen molar-refractivity contribution in [2.45, 2.75) is 25.3 Å². The molecule has 0 radical (unpaired) electrons. The van der Waals surface area contributed by atoms with Crippen LogP contribution in [0.5, 0.6) is 5.88 Å². The molecule has 24 heavy (non-hydrogen) atoms. The Kier molecular flexibility index (Phi) is 4.64. The molecule has 0 atom stereocenters. The van der Waals surface area contributed by atoms with Gasteiger partial charge in [-0.3, -0.25) is 4.79 Å². The molecule has 0 aromatic carbocycles. The maximum absolute atomic E-state index is 12.7. The van der Waals surface area contributed by atoms with Crippen LogP contribution < -0.4 is 10.1 Å². The van der Waals surface area contributed by atoms with Crippen LogP contribution in [0.2, 0.25) is 0 Å². The fourth-order valence-electron chi connectivity index (χ4n) is 2.66. The van der Waals surface area contributed by atoms with E-state index in [0.717, 1.165) is 24.8 Å². The number of carbonyl (C=O) groups excluding carboxylic acids is 1. The second kappa shape index (κ2) is 6.86. The summed E-state index contributed by atoms with van der Waals surface area (Å²) in [6.45, 7) is 0.411. The van der Waals surface area contributed by atoms with Crippen LogP contribution in [-0.4, -0.2) is 52.7 Å². The summed E-state index contributed by atoms with van der Waals surface area (Å²) in [5, 5.41) is 10.6. The molecule has 1 saturated carbocycles. The molecular weight excluding hydrogens is 317 g/mol. The number of halogens is 1. The highest BCUT2D eigenvalue weighted by atomic mass is 19.1. The monoisotopic (exact) mass is 335 g/mol. The number of carbonyl (C=O) groups is 2. The molecule has 7 nitrogen and oxygen atoms in total. The fourth-order valence-corrected chi connectivity index (χ4v) is 2.66. The summed E-state index contributed by atoms with van der Waals surface area (Å²) in [4.78, 5) is 28.8. The van der Waals surface area contributed by atoms with E-state index in [1.54, 1.807) is 6.07 Å². The summed E-state index contributed by atoms with van der Waals surface area (Å²) >= 11 is 0. The zero-order valence-corrected chi connectivity index (χ0v) is 13.0. The summed E-state index contributed by atoms with van der Waals surface area (Å²) in [6.07, 6.45) is 3.45. The van der Waals surface area contributed by atoms with Gasteiger partial charge in [0, 0.05) is 37.0 Å². The first kappa shape index (κ1) is 16.2. The van der Waals surface area contributed by atoms with Gasteiger partial charge in [-0.15, -0.1) is 0 Å². The van der Waals surface area contributed by atoms with Crippen LogP contribution in [0.4, 0.5) is 9.18 Å². The van der Waals surface area contributed by atoms with E-state index in [0.29, 0.717) is 24.5 Å². The fraction of sp³-hybridized carbons (Fsp3) is 0.438. The third kappa shape index (κ3) is 3.64. The molecule has 1 aromatic rings. The van der Waals surface area contributed by atoms with Gasteiger partial charge in [-0.1, -0.05) is 0 Å². The first-order valence-electron chi connectivity index (χ1n) is 7.76. The molecule has 0 saturated heterocycles. The highest BCUT2D eigenvalue weighted by molar-refractivity contribution is 5.96. The molecule has 2 heterocycles. The largest absolute Gasteiger partial charge is 0.473 e. The first-order valence-corrected chi connectivity index (χ1v) is 7.76. The molecule has 0 spiro atoms. The van der Waals surface area contributed by atoms with Crippen molar-refractivity contribution >= 4 is 12.0 Å². The molecule has 2 N–H and O–H groups in total. The van der Waals surface area contributed by atoms with E-state index in [9.17, 15) is 14.0 Å². The van der Waals surface area contributed by atoms with Gasteiger partial charge >= 0.3 is 6.09 Å². The summed E-state index contributed by atoms with van der Waals surface area (Å²) in [5.74, 6) is 0.295. The zero-order valence-electron chi connectivity index (χ0n) is 13.0. The zero-order chi connectivity index (χ0) is 17.1. The highest BCUT2D eigenvalue weighted by Gasteiger charge is 2.36. The van der Waals surface area contributed by atoms with E-state index in [2.05, 4.69) is 10.3 Å². The van der Waals surface area contributed by atoms with Crippen molar-refractivity contribution in [2.75, 3.05) is 19.7 Å². The van der Waals surface area contributed by atoms with Gasteiger partial charge in [-0.25, -0.2) is 14.2 Å². The highest BCUT2D eigenvalue weighted by Crippen LogP contribution is 2.32. The number of rotatable bonds is 6. The van der Waals surface area contributed by atoms with E-state index in [1.165, 1.54) is 6.20 Å². The van der Waals surface area contributed by atoms with Crippen LogP contribution in [0.25, 0.3) is 0 Å². The average Bonchev–Trinajstić information content (AvgIpc) is 3.40. The lowest BCUT2D eigenvalue weighted by Gasteiger charge is -2.28. The van der Waals surface area contributed by atoms with Gasteiger partial charge in [0.05, 0.1) is 11.9 Å². The number of fused-ring (bicyclic) bond motifs is 1. The second-order valence-corrected chi connectivity index (χ2v) is 5.87. The van der Waals surface area contributed by atoms with Crippen molar-refractivity contribution in [1.29, 1.82) is 0 Å². The number of ether oxygens (including phenoxy) is 1. The number of nitrogens with zero attached hydrogens (tertiary/aromatic N) is 2. The standard InChI is InChI=1S/C16H18FN3O4/c17-6-10(7-19-16(22)23)9-24-14-5-11-3-4-20(12-1-2-12)15(21)13(11)8-18-14/h5-6,8,12,19H,1-4,7,9H2,(H,22,23)/b10-6+. The molecule has 1 fully saturated rings. The Balaban J connectivity index is 1.62. The molecule has 1 aliphatic heterocycles. The third-order valence-electron chi connectivity index (χ3n) is 4.09. The lowest BCUT2D eigenvalue weighted by atomic mass is 10.0. The number of hydrogen-bond acceptors (Lipinski definition) is 4. The molecule has 1 aromatic heterocycles. The lowest BCUT2D eigenvalue weighted by molar-refractivity contribution is 0.0726. The number of hydrogen-bond donors (Lipinski definition) is 2. The number of aromatic nitrogens is 1. The van der Waals surface area contributed by atoms with Crippen LogP contribution in [0, 0.1) is 0 Å². The third-order valence-corrected chi connectivity index (χ3v) is 4.09. The molecule has 128 valence electrons. The minimum atomic E-state index is -1.24. The van der Waals surface area contributed by atoms with Crippen LogP contribution in [-0.2, 0) is 6.42 Å². The summed E-state index contributed by atoms with van der Waals surface area (Å²) in [5.41, 5.74) is 1.61. The molecule has 8 heteroatoms. The SMILES string of the molecule is O=C(O)NC/C(=C\F)COc1cc2c(cn1)C(=O)N(C1CC1)CC2. The predicted octanol–water partition coefficient (Wildman–Crippen LogP) is 1.74. The van der Waals surface area contributed by atoms with Gasteiger partial charge in [-0.2, -0.15) is 0 Å². The van der Waals surface area contributed by atoms with Crippen molar-refractivity contribution in [3.63, 3.8) is 0 Å². The van der Waals surface area contributed by atoms with Gasteiger partial charge in [0.25, 0.3) is 5.91 Å².